The predicted molar refractivity (Wildman–Crippen MR) is 81.3 cm³/mol. The lowest BCUT2D eigenvalue weighted by Gasteiger charge is -2.40. The van der Waals surface area contributed by atoms with E-state index in [1.807, 2.05) is 35.4 Å². The molecule has 1 saturated carbocycles. The SMILES string of the molecule is CSc1ccc(C(=O)N2CCOC3(CCCC3)C2)cc1. The molecule has 0 aromatic heterocycles. The molecule has 0 unspecified atom stereocenters. The van der Waals surface area contributed by atoms with E-state index < -0.39 is 0 Å². The summed E-state index contributed by atoms with van der Waals surface area (Å²) in [5.41, 5.74) is 0.741. The van der Waals surface area contributed by atoms with Crippen molar-refractivity contribution in [3.05, 3.63) is 29.8 Å². The van der Waals surface area contributed by atoms with E-state index in [9.17, 15) is 4.79 Å². The number of nitrogens with zero attached hydrogens (tertiary/aromatic N) is 1. The fourth-order valence-corrected chi connectivity index (χ4v) is 3.66. The quantitative estimate of drug-likeness (QED) is 0.784. The van der Waals surface area contributed by atoms with Gasteiger partial charge in [0.25, 0.3) is 5.91 Å². The van der Waals surface area contributed by atoms with Crippen LogP contribution in [0.1, 0.15) is 36.0 Å². The maximum atomic E-state index is 12.6. The summed E-state index contributed by atoms with van der Waals surface area (Å²) in [5, 5.41) is 0. The molecule has 4 heteroatoms. The molecule has 20 heavy (non-hydrogen) atoms. The van der Waals surface area contributed by atoms with E-state index in [2.05, 4.69) is 0 Å². The van der Waals surface area contributed by atoms with Gasteiger partial charge in [-0.3, -0.25) is 4.79 Å². The molecule has 2 fully saturated rings. The molecule has 1 aliphatic heterocycles. The zero-order valence-corrected chi connectivity index (χ0v) is 12.7. The lowest BCUT2D eigenvalue weighted by molar-refractivity contribution is -0.0948. The third kappa shape index (κ3) is 2.72. The van der Waals surface area contributed by atoms with Gasteiger partial charge in [0.1, 0.15) is 0 Å². The maximum absolute atomic E-state index is 12.6. The first kappa shape index (κ1) is 14.0. The molecule has 1 aromatic rings. The number of rotatable bonds is 2. The molecule has 3 rings (SSSR count). The monoisotopic (exact) mass is 291 g/mol. The third-order valence-corrected chi connectivity index (χ3v) is 5.13. The van der Waals surface area contributed by atoms with E-state index in [0.717, 1.165) is 24.9 Å². The van der Waals surface area contributed by atoms with Crippen LogP contribution in [0.2, 0.25) is 0 Å². The van der Waals surface area contributed by atoms with Crippen LogP contribution < -0.4 is 0 Å². The summed E-state index contributed by atoms with van der Waals surface area (Å²) in [6, 6.07) is 7.91. The van der Waals surface area contributed by atoms with Gasteiger partial charge >= 0.3 is 0 Å². The van der Waals surface area contributed by atoms with Crippen LogP contribution in [0.3, 0.4) is 0 Å². The van der Waals surface area contributed by atoms with Crippen molar-refractivity contribution in [1.82, 2.24) is 4.90 Å². The van der Waals surface area contributed by atoms with E-state index in [1.165, 1.54) is 17.7 Å². The van der Waals surface area contributed by atoms with Crippen LogP contribution in [-0.2, 0) is 4.74 Å². The number of benzene rings is 1. The van der Waals surface area contributed by atoms with E-state index in [0.29, 0.717) is 13.2 Å². The van der Waals surface area contributed by atoms with Crippen molar-refractivity contribution < 1.29 is 9.53 Å². The zero-order chi connectivity index (χ0) is 14.0. The smallest absolute Gasteiger partial charge is 0.254 e. The molecule has 1 aromatic carbocycles. The standard InChI is InChI=1S/C16H21NO2S/c1-20-14-6-4-13(5-7-14)15(18)17-10-11-19-16(12-17)8-2-3-9-16/h4-7H,2-3,8-12H2,1H3. The van der Waals surface area contributed by atoms with Gasteiger partial charge in [-0.2, -0.15) is 0 Å². The topological polar surface area (TPSA) is 29.5 Å². The van der Waals surface area contributed by atoms with Crippen LogP contribution in [-0.4, -0.2) is 42.4 Å². The summed E-state index contributed by atoms with van der Waals surface area (Å²) in [4.78, 5) is 15.8. The molecule has 0 atom stereocenters. The second-order valence-electron chi connectivity index (χ2n) is 5.69. The van der Waals surface area contributed by atoms with E-state index >= 15 is 0 Å². The number of carbonyl (C=O) groups excluding carboxylic acids is 1. The third-order valence-electron chi connectivity index (χ3n) is 4.39. The highest BCUT2D eigenvalue weighted by molar-refractivity contribution is 7.98. The summed E-state index contributed by atoms with van der Waals surface area (Å²) < 4.78 is 5.98. The summed E-state index contributed by atoms with van der Waals surface area (Å²) in [6.07, 6.45) is 6.70. The van der Waals surface area contributed by atoms with Crippen molar-refractivity contribution in [2.24, 2.45) is 0 Å². The minimum Gasteiger partial charge on any atom is -0.371 e. The van der Waals surface area contributed by atoms with Crippen molar-refractivity contribution in [1.29, 1.82) is 0 Å². The number of thioether (sulfide) groups is 1. The molecular formula is C16H21NO2S. The maximum Gasteiger partial charge on any atom is 0.254 e. The highest BCUT2D eigenvalue weighted by Crippen LogP contribution is 2.36. The van der Waals surface area contributed by atoms with Gasteiger partial charge in [-0.25, -0.2) is 0 Å². The molecule has 0 radical (unpaired) electrons. The van der Waals surface area contributed by atoms with Crippen LogP contribution >= 0.6 is 11.8 Å². The Hall–Kier alpha value is -1.00. The summed E-state index contributed by atoms with van der Waals surface area (Å²) in [6.45, 7) is 2.15. The van der Waals surface area contributed by atoms with Crippen molar-refractivity contribution in [3.63, 3.8) is 0 Å². The summed E-state index contributed by atoms with van der Waals surface area (Å²) in [5.74, 6) is 0.146. The summed E-state index contributed by atoms with van der Waals surface area (Å²) >= 11 is 1.70. The highest BCUT2D eigenvalue weighted by atomic mass is 32.2. The van der Waals surface area contributed by atoms with E-state index in [4.69, 9.17) is 4.74 Å². The summed E-state index contributed by atoms with van der Waals surface area (Å²) in [7, 11) is 0. The molecule has 1 aliphatic carbocycles. The normalized spacial score (nSPS) is 21.4. The molecule has 1 saturated heterocycles. The first-order valence-corrected chi connectivity index (χ1v) is 8.52. The molecule has 2 aliphatic rings. The van der Waals surface area contributed by atoms with Crippen molar-refractivity contribution >= 4 is 17.7 Å². The van der Waals surface area contributed by atoms with Gasteiger partial charge in [0.2, 0.25) is 0 Å². The van der Waals surface area contributed by atoms with Gasteiger partial charge in [0, 0.05) is 17.0 Å². The first-order valence-electron chi connectivity index (χ1n) is 7.30. The van der Waals surface area contributed by atoms with E-state index in [1.54, 1.807) is 11.8 Å². The average molecular weight is 291 g/mol. The van der Waals surface area contributed by atoms with Crippen molar-refractivity contribution in [2.45, 2.75) is 36.2 Å². The van der Waals surface area contributed by atoms with Gasteiger partial charge in [-0.1, -0.05) is 12.8 Å². The largest absolute Gasteiger partial charge is 0.371 e. The number of morpholine rings is 1. The Morgan fingerprint density at radius 3 is 2.60 bits per heavy atom. The Labute approximate surface area is 124 Å². The van der Waals surface area contributed by atoms with Crippen LogP contribution in [0.15, 0.2) is 29.2 Å². The molecule has 1 amide bonds. The fraction of sp³-hybridized carbons (Fsp3) is 0.562. The Morgan fingerprint density at radius 1 is 1.25 bits per heavy atom. The first-order chi connectivity index (χ1) is 9.72. The van der Waals surface area contributed by atoms with Crippen LogP contribution in [0, 0.1) is 0 Å². The van der Waals surface area contributed by atoms with Gasteiger partial charge in [-0.15, -0.1) is 11.8 Å². The second-order valence-corrected chi connectivity index (χ2v) is 6.57. The molecule has 1 heterocycles. The van der Waals surface area contributed by atoms with Crippen molar-refractivity contribution in [3.8, 4) is 0 Å². The lowest BCUT2D eigenvalue weighted by atomic mass is 9.99. The minimum absolute atomic E-state index is 0.0485. The number of ether oxygens (including phenoxy) is 1. The molecular weight excluding hydrogens is 270 g/mol. The predicted octanol–water partition coefficient (Wildman–Crippen LogP) is 3.19. The van der Waals surface area contributed by atoms with Crippen LogP contribution in [0.25, 0.3) is 0 Å². The van der Waals surface area contributed by atoms with Gasteiger partial charge < -0.3 is 9.64 Å². The van der Waals surface area contributed by atoms with Crippen LogP contribution in [0.5, 0.6) is 0 Å². The van der Waals surface area contributed by atoms with Gasteiger partial charge in [0.05, 0.1) is 18.8 Å². The lowest BCUT2D eigenvalue weighted by Crippen LogP contribution is -2.52. The molecule has 3 nitrogen and oxygen atoms in total. The Balaban J connectivity index is 1.72. The zero-order valence-electron chi connectivity index (χ0n) is 11.9. The highest BCUT2D eigenvalue weighted by Gasteiger charge is 2.40. The minimum atomic E-state index is -0.0485. The number of carbonyl (C=O) groups is 1. The molecule has 0 N–H and O–H groups in total. The Morgan fingerprint density at radius 2 is 1.95 bits per heavy atom. The Bertz CT molecular complexity index is 480. The fourth-order valence-electron chi connectivity index (χ4n) is 3.26. The van der Waals surface area contributed by atoms with Gasteiger partial charge in [-0.05, 0) is 43.4 Å². The number of amides is 1. The number of hydrogen-bond acceptors (Lipinski definition) is 3. The Kier molecular flexibility index (Phi) is 4.03. The van der Waals surface area contributed by atoms with Crippen LogP contribution in [0.4, 0.5) is 0 Å². The number of hydrogen-bond donors (Lipinski definition) is 0. The average Bonchev–Trinajstić information content (AvgIpc) is 2.94. The van der Waals surface area contributed by atoms with E-state index in [-0.39, 0.29) is 11.5 Å². The van der Waals surface area contributed by atoms with Gasteiger partial charge in [0.15, 0.2) is 0 Å². The van der Waals surface area contributed by atoms with Crippen molar-refractivity contribution in [2.75, 3.05) is 26.0 Å². The molecule has 0 bridgehead atoms. The second kappa shape index (κ2) is 5.78. The molecule has 1 spiro atoms. The molecule has 108 valence electrons.